The second-order valence-corrected chi connectivity index (χ2v) is 5.56. The zero-order valence-corrected chi connectivity index (χ0v) is 8.40. The van der Waals surface area contributed by atoms with E-state index in [0.717, 1.165) is 0 Å². The molecule has 3 aliphatic rings. The van der Waals surface area contributed by atoms with E-state index in [2.05, 4.69) is 0 Å². The summed E-state index contributed by atoms with van der Waals surface area (Å²) in [5.41, 5.74) is -1.70. The third-order valence-electron chi connectivity index (χ3n) is 4.89. The van der Waals surface area contributed by atoms with Crippen LogP contribution < -0.4 is 0 Å². The van der Waals surface area contributed by atoms with Crippen molar-refractivity contribution in [3.05, 3.63) is 0 Å². The van der Waals surface area contributed by atoms with Gasteiger partial charge in [0.15, 0.2) is 6.29 Å². The molecule has 0 aromatic carbocycles. The Kier molecular flexibility index (Phi) is 1.31. The maximum absolute atomic E-state index is 10.3. The molecule has 1 heterocycles. The summed E-state index contributed by atoms with van der Waals surface area (Å²) in [6, 6.07) is 0. The number of rotatable bonds is 1. The van der Waals surface area contributed by atoms with Gasteiger partial charge in [-0.1, -0.05) is 13.8 Å². The van der Waals surface area contributed by atoms with E-state index < -0.39 is 17.5 Å². The van der Waals surface area contributed by atoms with Gasteiger partial charge >= 0.3 is 0 Å². The van der Waals surface area contributed by atoms with E-state index in [1.165, 1.54) is 0 Å². The molecule has 4 heteroatoms. The van der Waals surface area contributed by atoms with Crippen molar-refractivity contribution < 1.29 is 20.1 Å². The molecule has 80 valence electrons. The molecular weight excluding hydrogens is 184 g/mol. The summed E-state index contributed by atoms with van der Waals surface area (Å²) in [7, 11) is 0. The lowest BCUT2D eigenvalue weighted by Gasteiger charge is -2.72. The molecule has 5 atom stereocenters. The average molecular weight is 200 g/mol. The molecule has 1 aliphatic heterocycles. The van der Waals surface area contributed by atoms with Gasteiger partial charge in [0, 0.05) is 23.7 Å². The second-order valence-electron chi connectivity index (χ2n) is 5.56. The zero-order valence-electron chi connectivity index (χ0n) is 8.40. The van der Waals surface area contributed by atoms with Gasteiger partial charge in [0.25, 0.3) is 0 Å². The average Bonchev–Trinajstić information content (AvgIpc) is 2.30. The molecular formula is C10H16O4. The summed E-state index contributed by atoms with van der Waals surface area (Å²) in [5.74, 6) is -0.113. The normalized spacial score (nSPS) is 62.8. The predicted molar refractivity (Wildman–Crippen MR) is 47.2 cm³/mol. The highest BCUT2D eigenvalue weighted by molar-refractivity contribution is 5.33. The molecule has 14 heavy (non-hydrogen) atoms. The second kappa shape index (κ2) is 2.02. The maximum atomic E-state index is 10.3. The van der Waals surface area contributed by atoms with Crippen LogP contribution in [0, 0.1) is 17.3 Å². The van der Waals surface area contributed by atoms with Gasteiger partial charge in [0.2, 0.25) is 0 Å². The Hall–Kier alpha value is -0.160. The van der Waals surface area contributed by atoms with Gasteiger partial charge in [-0.25, -0.2) is 0 Å². The van der Waals surface area contributed by atoms with Crippen LogP contribution in [0.25, 0.3) is 0 Å². The number of hydrogen-bond acceptors (Lipinski definition) is 4. The van der Waals surface area contributed by atoms with Gasteiger partial charge in [-0.2, -0.15) is 0 Å². The Labute approximate surface area is 82.5 Å². The molecule has 0 amide bonds. The molecule has 0 bridgehead atoms. The van der Waals surface area contributed by atoms with Crippen LogP contribution in [0.1, 0.15) is 20.3 Å². The van der Waals surface area contributed by atoms with Gasteiger partial charge < -0.3 is 20.1 Å². The van der Waals surface area contributed by atoms with Crippen LogP contribution in [-0.2, 0) is 4.74 Å². The fourth-order valence-corrected chi connectivity index (χ4v) is 3.98. The highest BCUT2D eigenvalue weighted by Gasteiger charge is 2.86. The van der Waals surface area contributed by atoms with E-state index >= 15 is 0 Å². The largest absolute Gasteiger partial charge is 0.393 e. The van der Waals surface area contributed by atoms with E-state index in [9.17, 15) is 15.3 Å². The Balaban J connectivity index is 2.01. The van der Waals surface area contributed by atoms with Gasteiger partial charge in [-0.05, 0) is 0 Å². The van der Waals surface area contributed by atoms with Gasteiger partial charge in [-0.15, -0.1) is 0 Å². The monoisotopic (exact) mass is 200 g/mol. The van der Waals surface area contributed by atoms with Crippen LogP contribution in [0.2, 0.25) is 0 Å². The molecule has 2 aliphatic carbocycles. The van der Waals surface area contributed by atoms with Crippen LogP contribution in [-0.4, -0.2) is 39.4 Å². The van der Waals surface area contributed by atoms with E-state index in [1.807, 2.05) is 13.8 Å². The molecule has 2 unspecified atom stereocenters. The minimum atomic E-state index is -0.829. The van der Waals surface area contributed by atoms with Crippen molar-refractivity contribution >= 4 is 0 Å². The first-order valence-corrected chi connectivity index (χ1v) is 5.08. The van der Waals surface area contributed by atoms with E-state index in [1.54, 1.807) is 0 Å². The van der Waals surface area contributed by atoms with Gasteiger partial charge in [0.1, 0.15) is 5.60 Å². The molecule has 0 spiro atoms. The highest BCUT2D eigenvalue weighted by atomic mass is 16.6. The fourth-order valence-electron chi connectivity index (χ4n) is 3.98. The lowest BCUT2D eigenvalue weighted by molar-refractivity contribution is -0.342. The first-order valence-electron chi connectivity index (χ1n) is 5.08. The maximum Gasteiger partial charge on any atom is 0.159 e. The van der Waals surface area contributed by atoms with Crippen molar-refractivity contribution in [1.29, 1.82) is 0 Å². The van der Waals surface area contributed by atoms with Crippen molar-refractivity contribution in [2.45, 2.75) is 37.8 Å². The summed E-state index contributed by atoms with van der Waals surface area (Å²) >= 11 is 0. The SMILES string of the molecule is CC1(C)C2C3[C@](CO)(C[C@]31O)O[C@H]2O. The van der Waals surface area contributed by atoms with Crippen LogP contribution in [0.4, 0.5) is 0 Å². The minimum Gasteiger partial charge on any atom is -0.393 e. The van der Waals surface area contributed by atoms with Crippen molar-refractivity contribution in [2.24, 2.45) is 17.3 Å². The molecule has 3 N–H and O–H groups in total. The summed E-state index contributed by atoms with van der Waals surface area (Å²) < 4.78 is 5.40. The van der Waals surface area contributed by atoms with Gasteiger partial charge in [-0.3, -0.25) is 0 Å². The van der Waals surface area contributed by atoms with Crippen LogP contribution in [0.15, 0.2) is 0 Å². The van der Waals surface area contributed by atoms with E-state index in [-0.39, 0.29) is 23.9 Å². The molecule has 0 aromatic rings. The molecule has 0 aromatic heterocycles. The zero-order chi connectivity index (χ0) is 10.4. The summed E-state index contributed by atoms with van der Waals surface area (Å²) in [6.45, 7) is 3.80. The third-order valence-corrected chi connectivity index (χ3v) is 4.89. The minimum absolute atomic E-state index is 0.0339. The van der Waals surface area contributed by atoms with Crippen molar-refractivity contribution in [1.82, 2.24) is 0 Å². The van der Waals surface area contributed by atoms with Crippen molar-refractivity contribution in [3.63, 3.8) is 0 Å². The molecule has 0 radical (unpaired) electrons. The first kappa shape index (κ1) is 9.09. The smallest absolute Gasteiger partial charge is 0.159 e. The molecule has 4 nitrogen and oxygen atoms in total. The van der Waals surface area contributed by atoms with Crippen LogP contribution in [0.3, 0.4) is 0 Å². The van der Waals surface area contributed by atoms with E-state index in [0.29, 0.717) is 6.42 Å². The number of hydrogen-bond donors (Lipinski definition) is 3. The molecule has 2 saturated carbocycles. The topological polar surface area (TPSA) is 69.9 Å². The number of ether oxygens (including phenoxy) is 1. The highest BCUT2D eigenvalue weighted by Crippen LogP contribution is 2.77. The number of aliphatic hydroxyl groups excluding tert-OH is 2. The van der Waals surface area contributed by atoms with Crippen molar-refractivity contribution in [3.8, 4) is 0 Å². The quantitative estimate of drug-likeness (QED) is 0.532. The fraction of sp³-hybridized carbons (Fsp3) is 1.00. The summed E-state index contributed by atoms with van der Waals surface area (Å²) in [5, 5.41) is 29.2. The van der Waals surface area contributed by atoms with Crippen LogP contribution in [0.5, 0.6) is 0 Å². The third kappa shape index (κ3) is 0.583. The summed E-state index contributed by atoms with van der Waals surface area (Å²) in [6.07, 6.45) is -0.383. The van der Waals surface area contributed by atoms with E-state index in [4.69, 9.17) is 4.74 Å². The Morgan fingerprint density at radius 3 is 2.64 bits per heavy atom. The molecule has 3 rings (SSSR count). The Morgan fingerprint density at radius 2 is 2.07 bits per heavy atom. The lowest BCUT2D eigenvalue weighted by Crippen LogP contribution is -2.82. The first-order chi connectivity index (χ1) is 6.39. The molecule has 3 fully saturated rings. The van der Waals surface area contributed by atoms with Crippen molar-refractivity contribution in [2.75, 3.05) is 6.61 Å². The number of aliphatic hydroxyl groups is 3. The van der Waals surface area contributed by atoms with Crippen LogP contribution >= 0.6 is 0 Å². The lowest BCUT2D eigenvalue weighted by atomic mass is 9.33. The Morgan fingerprint density at radius 1 is 1.43 bits per heavy atom. The van der Waals surface area contributed by atoms with Gasteiger partial charge in [0.05, 0.1) is 12.2 Å². The summed E-state index contributed by atoms with van der Waals surface area (Å²) in [4.78, 5) is 0. The predicted octanol–water partition coefficient (Wildman–Crippen LogP) is -0.527. The standard InChI is InChI=1S/C10H16O4/c1-8(2)5-6-9(4-11,14-7(5)12)3-10(6,8)13/h5-7,11-13H,3-4H2,1-2H3/t5?,6?,7-,9-,10+/m1/s1. The molecule has 1 saturated heterocycles. The Bertz CT molecular complexity index is 298.